The van der Waals surface area contributed by atoms with Crippen LogP contribution >= 0.6 is 11.6 Å². The van der Waals surface area contributed by atoms with Crippen LogP contribution in [0, 0.1) is 0 Å². The Morgan fingerprint density at radius 2 is 2.00 bits per heavy atom. The Labute approximate surface area is 148 Å². The number of aromatic hydroxyl groups is 1. The molecule has 4 N–H and O–H groups in total. The molecule has 0 aliphatic rings. The molecule has 2 heterocycles. The number of carbonyl (C=O) groups excluding carboxylic acids is 1. The largest absolute Gasteiger partial charge is 0.508 e. The number of rotatable bonds is 7. The highest BCUT2D eigenvalue weighted by atomic mass is 35.5. The number of aromatic amines is 1. The Balaban J connectivity index is 1.43. The molecule has 2 aromatic heterocycles. The van der Waals surface area contributed by atoms with E-state index in [0.29, 0.717) is 42.9 Å². The number of benzene rings is 1. The van der Waals surface area contributed by atoms with Gasteiger partial charge in [-0.1, -0.05) is 12.1 Å². The van der Waals surface area contributed by atoms with E-state index in [-0.39, 0.29) is 16.9 Å². The number of amides is 1. The third-order valence-electron chi connectivity index (χ3n) is 3.58. The fourth-order valence-electron chi connectivity index (χ4n) is 2.33. The Morgan fingerprint density at radius 3 is 2.80 bits per heavy atom. The minimum atomic E-state index is -0.0627. The van der Waals surface area contributed by atoms with Crippen LogP contribution in [0.1, 0.15) is 12.0 Å². The number of imidazole rings is 1. The number of aromatic nitrogens is 4. The molecule has 0 aliphatic carbocycles. The summed E-state index contributed by atoms with van der Waals surface area (Å²) in [5.41, 5.74) is 2.17. The van der Waals surface area contributed by atoms with E-state index in [0.717, 1.165) is 5.56 Å². The summed E-state index contributed by atoms with van der Waals surface area (Å²) in [4.78, 5) is 26.9. The summed E-state index contributed by atoms with van der Waals surface area (Å²) in [6.07, 6.45) is 2.51. The molecule has 0 saturated carbocycles. The number of anilines is 1. The van der Waals surface area contributed by atoms with E-state index in [2.05, 4.69) is 30.6 Å². The highest BCUT2D eigenvalue weighted by Crippen LogP contribution is 2.18. The van der Waals surface area contributed by atoms with Crippen LogP contribution in [0.15, 0.2) is 30.6 Å². The van der Waals surface area contributed by atoms with Gasteiger partial charge in [-0.05, 0) is 35.7 Å². The van der Waals surface area contributed by atoms with Crippen LogP contribution in [-0.2, 0) is 11.2 Å². The lowest BCUT2D eigenvalue weighted by atomic mass is 10.1. The Morgan fingerprint density at radius 1 is 1.20 bits per heavy atom. The quantitative estimate of drug-likeness (QED) is 0.478. The number of hydrogen-bond acceptors (Lipinski definition) is 6. The molecular weight excluding hydrogens is 344 g/mol. The Kier molecular flexibility index (Phi) is 5.30. The van der Waals surface area contributed by atoms with Crippen LogP contribution in [0.5, 0.6) is 5.75 Å². The summed E-state index contributed by atoms with van der Waals surface area (Å²) in [6.45, 7) is 0.945. The van der Waals surface area contributed by atoms with E-state index in [1.165, 1.54) is 6.33 Å². The second kappa shape index (κ2) is 7.80. The first-order valence-electron chi connectivity index (χ1n) is 7.77. The van der Waals surface area contributed by atoms with Crippen molar-refractivity contribution in [2.24, 2.45) is 0 Å². The fourth-order valence-corrected chi connectivity index (χ4v) is 2.49. The van der Waals surface area contributed by atoms with Crippen LogP contribution in [0.25, 0.3) is 11.2 Å². The van der Waals surface area contributed by atoms with Crippen molar-refractivity contribution in [3.63, 3.8) is 0 Å². The van der Waals surface area contributed by atoms with Crippen molar-refractivity contribution in [2.45, 2.75) is 12.8 Å². The molecule has 0 saturated heterocycles. The maximum Gasteiger partial charge on any atom is 0.226 e. The molecular formula is C16H17ClN6O2. The molecule has 0 spiro atoms. The van der Waals surface area contributed by atoms with Gasteiger partial charge in [0.15, 0.2) is 11.5 Å². The predicted octanol–water partition coefficient (Wildman–Crippen LogP) is 1.87. The SMILES string of the molecule is O=C(CCNc1nc(Cl)nc2nc[nH]c12)NCCc1ccc(O)cc1. The summed E-state index contributed by atoms with van der Waals surface area (Å²) < 4.78 is 0. The molecule has 25 heavy (non-hydrogen) atoms. The zero-order chi connectivity index (χ0) is 17.6. The molecule has 0 unspecified atom stereocenters. The maximum absolute atomic E-state index is 11.9. The van der Waals surface area contributed by atoms with E-state index >= 15 is 0 Å². The highest BCUT2D eigenvalue weighted by Gasteiger charge is 2.09. The summed E-state index contributed by atoms with van der Waals surface area (Å²) >= 11 is 5.85. The Hall–Kier alpha value is -2.87. The van der Waals surface area contributed by atoms with Crippen molar-refractivity contribution >= 4 is 34.5 Å². The molecule has 0 fully saturated rings. The summed E-state index contributed by atoms with van der Waals surface area (Å²) in [5, 5.41) is 15.2. The van der Waals surface area contributed by atoms with Crippen LogP contribution in [0.4, 0.5) is 5.82 Å². The number of H-pyrrole nitrogens is 1. The average molecular weight is 361 g/mol. The number of nitrogens with zero attached hydrogens (tertiary/aromatic N) is 3. The zero-order valence-electron chi connectivity index (χ0n) is 13.3. The predicted molar refractivity (Wildman–Crippen MR) is 94.6 cm³/mol. The minimum Gasteiger partial charge on any atom is -0.508 e. The van der Waals surface area contributed by atoms with Crippen molar-refractivity contribution in [1.82, 2.24) is 25.3 Å². The number of phenolic OH excluding ortho intramolecular Hbond substituents is 1. The fraction of sp³-hybridized carbons (Fsp3) is 0.250. The lowest BCUT2D eigenvalue weighted by Crippen LogP contribution is -2.27. The molecule has 0 atom stereocenters. The second-order valence-corrected chi connectivity index (χ2v) is 5.72. The molecule has 130 valence electrons. The number of halogens is 1. The topological polar surface area (TPSA) is 116 Å². The van der Waals surface area contributed by atoms with Gasteiger partial charge in [0.1, 0.15) is 11.3 Å². The molecule has 8 nitrogen and oxygen atoms in total. The first-order valence-corrected chi connectivity index (χ1v) is 8.15. The molecule has 9 heteroatoms. The van der Waals surface area contributed by atoms with Crippen LogP contribution in [0.3, 0.4) is 0 Å². The van der Waals surface area contributed by atoms with E-state index in [1.807, 2.05) is 12.1 Å². The van der Waals surface area contributed by atoms with Crippen LogP contribution in [0.2, 0.25) is 5.28 Å². The lowest BCUT2D eigenvalue weighted by Gasteiger charge is -2.08. The first kappa shape index (κ1) is 17.0. The second-order valence-electron chi connectivity index (χ2n) is 5.39. The summed E-state index contributed by atoms with van der Waals surface area (Å²) in [5.74, 6) is 0.687. The molecule has 0 radical (unpaired) electrons. The molecule has 0 bridgehead atoms. The lowest BCUT2D eigenvalue weighted by molar-refractivity contribution is -0.120. The van der Waals surface area contributed by atoms with Gasteiger partial charge in [0, 0.05) is 19.5 Å². The van der Waals surface area contributed by atoms with Crippen molar-refractivity contribution in [3.05, 3.63) is 41.4 Å². The molecule has 1 aromatic carbocycles. The van der Waals surface area contributed by atoms with Crippen molar-refractivity contribution in [2.75, 3.05) is 18.4 Å². The van der Waals surface area contributed by atoms with Crippen LogP contribution in [-0.4, -0.2) is 44.0 Å². The van der Waals surface area contributed by atoms with E-state index in [9.17, 15) is 9.90 Å². The number of carbonyl (C=O) groups is 1. The molecule has 1 amide bonds. The average Bonchev–Trinajstić information content (AvgIpc) is 3.05. The van der Waals surface area contributed by atoms with Gasteiger partial charge < -0.3 is 20.7 Å². The van der Waals surface area contributed by atoms with Gasteiger partial charge in [-0.15, -0.1) is 0 Å². The monoisotopic (exact) mass is 360 g/mol. The number of nitrogens with one attached hydrogen (secondary N) is 3. The maximum atomic E-state index is 11.9. The smallest absolute Gasteiger partial charge is 0.226 e. The number of fused-ring (bicyclic) bond motifs is 1. The number of hydrogen-bond donors (Lipinski definition) is 4. The van der Waals surface area contributed by atoms with E-state index in [4.69, 9.17) is 11.6 Å². The van der Waals surface area contributed by atoms with Crippen LogP contribution < -0.4 is 10.6 Å². The summed E-state index contributed by atoms with van der Waals surface area (Å²) in [7, 11) is 0. The zero-order valence-corrected chi connectivity index (χ0v) is 14.0. The van der Waals surface area contributed by atoms with Crippen molar-refractivity contribution < 1.29 is 9.90 Å². The molecule has 3 aromatic rings. The third-order valence-corrected chi connectivity index (χ3v) is 3.74. The van der Waals surface area contributed by atoms with Gasteiger partial charge in [-0.2, -0.15) is 9.97 Å². The van der Waals surface area contributed by atoms with E-state index in [1.54, 1.807) is 12.1 Å². The third kappa shape index (κ3) is 4.57. The Bertz CT molecular complexity index is 865. The van der Waals surface area contributed by atoms with Gasteiger partial charge in [-0.25, -0.2) is 4.98 Å². The van der Waals surface area contributed by atoms with Gasteiger partial charge in [-0.3, -0.25) is 4.79 Å². The minimum absolute atomic E-state index is 0.0627. The van der Waals surface area contributed by atoms with Crippen molar-refractivity contribution in [3.8, 4) is 5.75 Å². The van der Waals surface area contributed by atoms with Crippen molar-refractivity contribution in [1.29, 1.82) is 0 Å². The summed E-state index contributed by atoms with van der Waals surface area (Å²) in [6, 6.07) is 6.92. The normalized spacial score (nSPS) is 10.8. The first-order chi connectivity index (χ1) is 12.1. The molecule has 3 rings (SSSR count). The van der Waals surface area contributed by atoms with Gasteiger partial charge >= 0.3 is 0 Å². The van der Waals surface area contributed by atoms with E-state index < -0.39 is 0 Å². The standard InChI is InChI=1S/C16H17ClN6O2/c17-16-22-14(13-15(23-16)21-9-20-13)19-8-6-12(25)18-7-5-10-1-3-11(24)4-2-10/h1-4,9,24H,5-8H2,(H,18,25)(H2,19,20,21,22,23). The number of phenols is 1. The van der Waals surface area contributed by atoms with Gasteiger partial charge in [0.25, 0.3) is 0 Å². The highest BCUT2D eigenvalue weighted by molar-refractivity contribution is 6.28. The van der Waals surface area contributed by atoms with Gasteiger partial charge in [0.05, 0.1) is 6.33 Å². The molecule has 0 aliphatic heterocycles. The van der Waals surface area contributed by atoms with Gasteiger partial charge in [0.2, 0.25) is 11.2 Å².